The average Bonchev–Trinajstić information content (AvgIpc) is 3.25. The number of imide groups is 1. The third-order valence-corrected chi connectivity index (χ3v) is 6.66. The molecule has 2 aromatic rings. The lowest BCUT2D eigenvalue weighted by molar-refractivity contribution is -0.120. The maximum Gasteiger partial charge on any atom is 0.282 e. The predicted molar refractivity (Wildman–Crippen MR) is 129 cm³/mol. The van der Waals surface area contributed by atoms with E-state index in [4.69, 9.17) is 9.47 Å². The highest BCUT2D eigenvalue weighted by Crippen LogP contribution is 2.39. The second kappa shape index (κ2) is 9.40. The molecule has 1 aromatic carbocycles. The van der Waals surface area contributed by atoms with Crippen molar-refractivity contribution in [2.45, 2.75) is 39.5 Å². The highest BCUT2D eigenvalue weighted by Gasteiger charge is 2.45. The van der Waals surface area contributed by atoms with Gasteiger partial charge in [-0.2, -0.15) is 0 Å². The Morgan fingerprint density at radius 1 is 1.03 bits per heavy atom. The second-order valence-corrected chi connectivity index (χ2v) is 8.96. The van der Waals surface area contributed by atoms with E-state index in [-0.39, 0.29) is 11.1 Å². The van der Waals surface area contributed by atoms with Crippen LogP contribution in [0.1, 0.15) is 44.4 Å². The molecule has 0 aliphatic carbocycles. The average molecular weight is 469 g/mol. The van der Waals surface area contributed by atoms with Crippen LogP contribution in [0, 0.1) is 5.92 Å². The van der Waals surface area contributed by atoms with Crippen LogP contribution >= 0.6 is 0 Å². The van der Waals surface area contributed by atoms with E-state index in [1.54, 1.807) is 25.2 Å². The number of benzene rings is 1. The maximum absolute atomic E-state index is 13.9. The van der Waals surface area contributed by atoms with Crippen molar-refractivity contribution in [3.8, 4) is 11.5 Å². The summed E-state index contributed by atoms with van der Waals surface area (Å²) in [6.45, 7) is 5.51. The van der Waals surface area contributed by atoms with Gasteiger partial charge >= 0.3 is 0 Å². The normalized spacial score (nSPS) is 17.2. The van der Waals surface area contributed by atoms with Crippen LogP contribution in [-0.2, 0) is 23.1 Å². The number of hydrogen-bond donors (Lipinski definition) is 1. The summed E-state index contributed by atoms with van der Waals surface area (Å²) < 4.78 is 12.1. The van der Waals surface area contributed by atoms with Crippen LogP contribution in [0.25, 0.3) is 5.57 Å². The maximum atomic E-state index is 13.9. The molecule has 0 bridgehead atoms. The van der Waals surface area contributed by atoms with E-state index in [1.165, 1.54) is 18.9 Å². The fourth-order valence-electron chi connectivity index (χ4n) is 4.76. The van der Waals surface area contributed by atoms with Crippen molar-refractivity contribution in [3.63, 3.8) is 0 Å². The first-order valence-corrected chi connectivity index (χ1v) is 11.7. The van der Waals surface area contributed by atoms with Crippen LogP contribution in [-0.4, -0.2) is 53.8 Å². The summed E-state index contributed by atoms with van der Waals surface area (Å²) in [4.78, 5) is 44.0. The summed E-state index contributed by atoms with van der Waals surface area (Å²) in [7, 11) is 4.65. The zero-order chi connectivity index (χ0) is 24.6. The minimum atomic E-state index is -0.500. The molecule has 0 atom stereocenters. The van der Waals surface area contributed by atoms with Crippen LogP contribution in [0.15, 0.2) is 28.7 Å². The van der Waals surface area contributed by atoms with Gasteiger partial charge in [0.25, 0.3) is 17.4 Å². The molecule has 0 saturated carbocycles. The zero-order valence-corrected chi connectivity index (χ0v) is 20.4. The molecule has 182 valence electrons. The largest absolute Gasteiger partial charge is 0.493 e. The number of methoxy groups -OCH3 is 2. The highest BCUT2D eigenvalue weighted by molar-refractivity contribution is 6.45. The molecule has 4 rings (SSSR count). The fourth-order valence-corrected chi connectivity index (χ4v) is 4.76. The summed E-state index contributed by atoms with van der Waals surface area (Å²) in [5, 5.41) is 3.08. The van der Waals surface area contributed by atoms with Gasteiger partial charge in [0.15, 0.2) is 11.5 Å². The van der Waals surface area contributed by atoms with Crippen LogP contribution in [0.4, 0.5) is 5.69 Å². The lowest BCUT2D eigenvalue weighted by Gasteiger charge is -2.32. The minimum Gasteiger partial charge on any atom is -0.493 e. The van der Waals surface area contributed by atoms with Crippen molar-refractivity contribution in [1.82, 2.24) is 14.7 Å². The van der Waals surface area contributed by atoms with Gasteiger partial charge in [-0.05, 0) is 37.3 Å². The predicted octanol–water partition coefficient (Wildman–Crippen LogP) is 2.70. The number of likely N-dealkylation sites (tertiary alicyclic amines) is 1. The minimum absolute atomic E-state index is 0.180. The number of amides is 2. The fraction of sp³-hybridized carbons (Fsp3) is 0.480. The number of nitrogens with one attached hydrogen (secondary N) is 1. The Labute approximate surface area is 198 Å². The summed E-state index contributed by atoms with van der Waals surface area (Å²) in [6, 6.07) is 4.92. The number of anilines is 1. The van der Waals surface area contributed by atoms with E-state index in [1.807, 2.05) is 11.8 Å². The van der Waals surface area contributed by atoms with Crippen LogP contribution in [0.5, 0.6) is 11.5 Å². The van der Waals surface area contributed by atoms with Crippen molar-refractivity contribution in [1.29, 1.82) is 0 Å². The number of nitrogens with zero attached hydrogens (tertiary/aromatic N) is 3. The first kappa shape index (κ1) is 23.7. The number of ether oxygens (including phenoxy) is 2. The Balaban J connectivity index is 1.88. The van der Waals surface area contributed by atoms with Crippen LogP contribution in [0.3, 0.4) is 0 Å². The van der Waals surface area contributed by atoms with Crippen molar-refractivity contribution in [3.05, 3.63) is 45.5 Å². The smallest absolute Gasteiger partial charge is 0.282 e. The molecule has 0 spiro atoms. The number of carbonyl (C=O) groups is 2. The summed E-state index contributed by atoms with van der Waals surface area (Å²) in [5.74, 6) is 0.526. The van der Waals surface area contributed by atoms with Gasteiger partial charge in [0.05, 0.1) is 31.0 Å². The van der Waals surface area contributed by atoms with E-state index in [0.717, 1.165) is 24.2 Å². The Kier molecular flexibility index (Phi) is 6.54. The lowest BCUT2D eigenvalue weighted by atomic mass is 9.97. The van der Waals surface area contributed by atoms with Gasteiger partial charge in [0.2, 0.25) is 0 Å². The molecule has 1 aromatic heterocycles. The van der Waals surface area contributed by atoms with Gasteiger partial charge in [-0.15, -0.1) is 0 Å². The molecule has 9 nitrogen and oxygen atoms in total. The molecular formula is C25H32N4O5. The van der Waals surface area contributed by atoms with E-state index in [0.29, 0.717) is 59.6 Å². The zero-order valence-electron chi connectivity index (χ0n) is 20.4. The number of piperidine rings is 1. The topological polar surface area (TPSA) is 96.9 Å². The Bertz CT molecular complexity index is 1200. The number of H-pyrrole nitrogens is 1. The van der Waals surface area contributed by atoms with Gasteiger partial charge in [0.1, 0.15) is 5.70 Å². The Hall–Kier alpha value is -3.49. The van der Waals surface area contributed by atoms with Gasteiger partial charge < -0.3 is 14.4 Å². The molecule has 1 fully saturated rings. The van der Waals surface area contributed by atoms with E-state index >= 15 is 0 Å². The lowest BCUT2D eigenvalue weighted by Crippen LogP contribution is -2.38. The number of aromatic nitrogens is 2. The Morgan fingerprint density at radius 3 is 2.32 bits per heavy atom. The van der Waals surface area contributed by atoms with Crippen LogP contribution < -0.4 is 19.9 Å². The molecule has 0 radical (unpaired) electrons. The number of aryl methyl sites for hydroxylation is 2. The van der Waals surface area contributed by atoms with E-state index in [9.17, 15) is 14.4 Å². The molecule has 3 heterocycles. The highest BCUT2D eigenvalue weighted by atomic mass is 16.5. The third-order valence-electron chi connectivity index (χ3n) is 6.66. The number of aromatic amines is 1. The van der Waals surface area contributed by atoms with Gasteiger partial charge in [0, 0.05) is 31.9 Å². The molecule has 1 N–H and O–H groups in total. The molecule has 1 saturated heterocycles. The molecule has 2 aliphatic rings. The summed E-state index contributed by atoms with van der Waals surface area (Å²) in [5.41, 5.74) is 1.51. The van der Waals surface area contributed by atoms with E-state index in [2.05, 4.69) is 12.0 Å². The number of rotatable bonds is 7. The molecule has 2 amide bonds. The van der Waals surface area contributed by atoms with Crippen molar-refractivity contribution in [2.24, 2.45) is 13.0 Å². The monoisotopic (exact) mass is 468 g/mol. The second-order valence-electron chi connectivity index (χ2n) is 8.96. The first-order chi connectivity index (χ1) is 16.3. The molecule has 0 unspecified atom stereocenters. The van der Waals surface area contributed by atoms with Gasteiger partial charge in [-0.3, -0.25) is 24.2 Å². The summed E-state index contributed by atoms with van der Waals surface area (Å²) >= 11 is 0. The number of carbonyl (C=O) groups excluding carboxylic acids is 2. The first-order valence-electron chi connectivity index (χ1n) is 11.7. The quantitative estimate of drug-likeness (QED) is 0.628. The molecular weight excluding hydrogens is 436 g/mol. The molecule has 34 heavy (non-hydrogen) atoms. The molecule has 9 heteroatoms. The Morgan fingerprint density at radius 2 is 1.71 bits per heavy atom. The number of hydrogen-bond acceptors (Lipinski definition) is 6. The van der Waals surface area contributed by atoms with Gasteiger partial charge in [-0.25, -0.2) is 4.90 Å². The van der Waals surface area contributed by atoms with Crippen molar-refractivity contribution in [2.75, 3.05) is 32.2 Å². The van der Waals surface area contributed by atoms with Gasteiger partial charge in [-0.1, -0.05) is 20.3 Å². The standard InChI is InChI=1S/C25H32N4O5/c1-6-7-17-20(23(30)27(3)26-17)21-22(28-12-10-15(2)11-13-28)25(32)29(24(21)31)16-8-9-18(33-4)19(14-16)34-5/h8-9,14-15,26H,6-7,10-13H2,1-5H3. The van der Waals surface area contributed by atoms with Crippen LogP contribution in [0.2, 0.25) is 0 Å². The summed E-state index contributed by atoms with van der Waals surface area (Å²) in [6.07, 6.45) is 3.22. The van der Waals surface area contributed by atoms with Crippen molar-refractivity contribution >= 4 is 23.1 Å². The SMILES string of the molecule is CCCc1[nH]n(C)c(=O)c1C1=C(N2CCC(C)CC2)C(=O)N(c2ccc(OC)c(OC)c2)C1=O. The third kappa shape index (κ3) is 3.89. The van der Waals surface area contributed by atoms with E-state index < -0.39 is 11.8 Å². The molecule has 2 aliphatic heterocycles. The van der Waals surface area contributed by atoms with Crippen molar-refractivity contribution < 1.29 is 19.1 Å².